The Morgan fingerprint density at radius 3 is 3.00 bits per heavy atom. The standard InChI is InChI=1S/C8H7BrN4/c9-6-3-10-4-7-8(6)13(12-11-7)5-1-2-5/h3-5H,1-2H2. The van der Waals surface area contributed by atoms with Crippen molar-refractivity contribution in [2.75, 3.05) is 0 Å². The summed E-state index contributed by atoms with van der Waals surface area (Å²) in [6.45, 7) is 0. The maximum absolute atomic E-state index is 4.11. The second kappa shape index (κ2) is 2.51. The minimum absolute atomic E-state index is 0.559. The third-order valence-electron chi connectivity index (χ3n) is 2.22. The van der Waals surface area contributed by atoms with Gasteiger partial charge in [0.05, 0.1) is 16.7 Å². The predicted octanol–water partition coefficient (Wildman–Crippen LogP) is 1.92. The molecule has 0 N–H and O–H groups in total. The maximum atomic E-state index is 4.11. The molecule has 2 aromatic rings. The van der Waals surface area contributed by atoms with E-state index in [0.717, 1.165) is 15.5 Å². The Morgan fingerprint density at radius 1 is 1.38 bits per heavy atom. The van der Waals surface area contributed by atoms with Crippen LogP contribution in [0.25, 0.3) is 11.0 Å². The van der Waals surface area contributed by atoms with Crippen LogP contribution in [-0.4, -0.2) is 20.0 Å². The van der Waals surface area contributed by atoms with Crippen LogP contribution in [0.2, 0.25) is 0 Å². The number of pyridine rings is 1. The van der Waals surface area contributed by atoms with Gasteiger partial charge in [-0.25, -0.2) is 4.68 Å². The summed E-state index contributed by atoms with van der Waals surface area (Å²) in [7, 11) is 0. The number of hydrogen-bond donors (Lipinski definition) is 0. The highest BCUT2D eigenvalue weighted by Gasteiger charge is 2.27. The molecule has 0 saturated heterocycles. The van der Waals surface area contributed by atoms with Gasteiger partial charge in [-0.3, -0.25) is 4.98 Å². The first-order valence-electron chi connectivity index (χ1n) is 4.20. The predicted molar refractivity (Wildman–Crippen MR) is 51.3 cm³/mol. The topological polar surface area (TPSA) is 43.6 Å². The van der Waals surface area contributed by atoms with Gasteiger partial charge in [0.2, 0.25) is 0 Å². The number of halogens is 1. The average molecular weight is 239 g/mol. The number of hydrogen-bond acceptors (Lipinski definition) is 3. The minimum atomic E-state index is 0.559. The minimum Gasteiger partial charge on any atom is -0.261 e. The Bertz CT molecular complexity index is 460. The molecule has 3 rings (SSSR count). The normalized spacial score (nSPS) is 16.7. The molecule has 0 spiro atoms. The molecule has 1 aliphatic rings. The summed E-state index contributed by atoms with van der Waals surface area (Å²) in [5.41, 5.74) is 1.93. The summed E-state index contributed by atoms with van der Waals surface area (Å²) in [5, 5.41) is 8.18. The summed E-state index contributed by atoms with van der Waals surface area (Å²) in [4.78, 5) is 4.04. The molecule has 0 amide bonds. The van der Waals surface area contributed by atoms with Gasteiger partial charge in [0.15, 0.2) is 0 Å². The van der Waals surface area contributed by atoms with E-state index in [1.54, 1.807) is 12.4 Å². The molecule has 1 fully saturated rings. The van der Waals surface area contributed by atoms with Gasteiger partial charge in [-0.15, -0.1) is 5.10 Å². The van der Waals surface area contributed by atoms with Crippen LogP contribution in [-0.2, 0) is 0 Å². The van der Waals surface area contributed by atoms with Gasteiger partial charge < -0.3 is 0 Å². The average Bonchev–Trinajstić information content (AvgIpc) is 2.87. The Kier molecular flexibility index (Phi) is 1.44. The van der Waals surface area contributed by atoms with Crippen LogP contribution in [0.1, 0.15) is 18.9 Å². The van der Waals surface area contributed by atoms with Gasteiger partial charge in [0.1, 0.15) is 11.0 Å². The summed E-state index contributed by atoms with van der Waals surface area (Å²) < 4.78 is 2.96. The van der Waals surface area contributed by atoms with Crippen LogP contribution >= 0.6 is 15.9 Å². The van der Waals surface area contributed by atoms with Gasteiger partial charge in [0.25, 0.3) is 0 Å². The van der Waals surface area contributed by atoms with Crippen LogP contribution < -0.4 is 0 Å². The molecule has 5 heteroatoms. The highest BCUT2D eigenvalue weighted by molar-refractivity contribution is 9.10. The van der Waals surface area contributed by atoms with E-state index in [1.165, 1.54) is 12.8 Å². The molecule has 1 saturated carbocycles. The molecule has 2 heterocycles. The third kappa shape index (κ3) is 1.07. The number of fused-ring (bicyclic) bond motifs is 1. The Morgan fingerprint density at radius 2 is 2.23 bits per heavy atom. The van der Waals surface area contributed by atoms with Crippen molar-refractivity contribution in [2.24, 2.45) is 0 Å². The smallest absolute Gasteiger partial charge is 0.132 e. The van der Waals surface area contributed by atoms with E-state index < -0.39 is 0 Å². The van der Waals surface area contributed by atoms with Crippen LogP contribution in [0.15, 0.2) is 16.9 Å². The quantitative estimate of drug-likeness (QED) is 0.763. The highest BCUT2D eigenvalue weighted by Crippen LogP contribution is 2.37. The molecule has 0 aliphatic heterocycles. The van der Waals surface area contributed by atoms with Crippen LogP contribution in [0.5, 0.6) is 0 Å². The molecular weight excluding hydrogens is 232 g/mol. The first-order chi connectivity index (χ1) is 6.36. The Hall–Kier alpha value is -0.970. The maximum Gasteiger partial charge on any atom is 0.132 e. The van der Waals surface area contributed by atoms with Crippen molar-refractivity contribution in [3.8, 4) is 0 Å². The van der Waals surface area contributed by atoms with Crippen molar-refractivity contribution >= 4 is 27.0 Å². The van der Waals surface area contributed by atoms with Gasteiger partial charge in [-0.05, 0) is 28.8 Å². The monoisotopic (exact) mass is 238 g/mol. The van der Waals surface area contributed by atoms with Gasteiger partial charge in [-0.1, -0.05) is 5.21 Å². The Balaban J connectivity index is 2.34. The third-order valence-corrected chi connectivity index (χ3v) is 2.80. The van der Waals surface area contributed by atoms with E-state index in [0.29, 0.717) is 6.04 Å². The summed E-state index contributed by atoms with van der Waals surface area (Å²) in [5.74, 6) is 0. The lowest BCUT2D eigenvalue weighted by atomic mass is 10.4. The van der Waals surface area contributed by atoms with E-state index >= 15 is 0 Å². The zero-order valence-electron chi connectivity index (χ0n) is 6.81. The van der Waals surface area contributed by atoms with E-state index in [9.17, 15) is 0 Å². The molecule has 0 bridgehead atoms. The lowest BCUT2D eigenvalue weighted by Crippen LogP contribution is -1.96. The fourth-order valence-electron chi connectivity index (χ4n) is 1.43. The molecule has 4 nitrogen and oxygen atoms in total. The number of rotatable bonds is 1. The second-order valence-corrected chi connectivity index (χ2v) is 4.11. The summed E-state index contributed by atoms with van der Waals surface area (Å²) in [6.07, 6.45) is 5.96. The van der Waals surface area contributed by atoms with Crippen LogP contribution in [0, 0.1) is 0 Å². The molecule has 2 aromatic heterocycles. The van der Waals surface area contributed by atoms with Crippen molar-refractivity contribution < 1.29 is 0 Å². The lowest BCUT2D eigenvalue weighted by molar-refractivity contribution is 0.629. The lowest BCUT2D eigenvalue weighted by Gasteiger charge is -1.98. The molecule has 0 radical (unpaired) electrons. The van der Waals surface area contributed by atoms with Crippen LogP contribution in [0.4, 0.5) is 0 Å². The zero-order valence-corrected chi connectivity index (χ0v) is 8.40. The second-order valence-electron chi connectivity index (χ2n) is 3.25. The molecule has 1 aliphatic carbocycles. The summed E-state index contributed by atoms with van der Waals surface area (Å²) in [6, 6.07) is 0.559. The summed E-state index contributed by atoms with van der Waals surface area (Å²) >= 11 is 3.46. The Labute approximate surface area is 83.1 Å². The highest BCUT2D eigenvalue weighted by atomic mass is 79.9. The van der Waals surface area contributed by atoms with Crippen molar-refractivity contribution in [1.82, 2.24) is 20.0 Å². The van der Waals surface area contributed by atoms with Gasteiger partial charge in [-0.2, -0.15) is 0 Å². The number of nitrogens with zero attached hydrogens (tertiary/aromatic N) is 4. The van der Waals surface area contributed by atoms with Crippen molar-refractivity contribution in [3.05, 3.63) is 16.9 Å². The SMILES string of the molecule is Brc1cncc2nnn(C3CC3)c12. The fourth-order valence-corrected chi connectivity index (χ4v) is 1.94. The fraction of sp³-hybridized carbons (Fsp3) is 0.375. The molecule has 0 atom stereocenters. The van der Waals surface area contributed by atoms with Crippen molar-refractivity contribution in [1.29, 1.82) is 0 Å². The van der Waals surface area contributed by atoms with E-state index in [-0.39, 0.29) is 0 Å². The molecule has 0 unspecified atom stereocenters. The van der Waals surface area contributed by atoms with E-state index in [1.807, 2.05) is 4.68 Å². The van der Waals surface area contributed by atoms with Gasteiger partial charge in [0, 0.05) is 6.20 Å². The molecule has 66 valence electrons. The first-order valence-corrected chi connectivity index (χ1v) is 5.00. The van der Waals surface area contributed by atoms with Crippen molar-refractivity contribution in [3.63, 3.8) is 0 Å². The molecule has 0 aromatic carbocycles. The van der Waals surface area contributed by atoms with Crippen molar-refractivity contribution in [2.45, 2.75) is 18.9 Å². The number of aromatic nitrogens is 4. The largest absolute Gasteiger partial charge is 0.261 e. The molecule has 13 heavy (non-hydrogen) atoms. The molecular formula is C8H7BrN4. The van der Waals surface area contributed by atoms with Crippen LogP contribution in [0.3, 0.4) is 0 Å². The van der Waals surface area contributed by atoms with E-state index in [4.69, 9.17) is 0 Å². The zero-order chi connectivity index (χ0) is 8.84. The first kappa shape index (κ1) is 7.44. The van der Waals surface area contributed by atoms with Gasteiger partial charge >= 0.3 is 0 Å². The van der Waals surface area contributed by atoms with E-state index in [2.05, 4.69) is 31.2 Å².